The smallest absolute Gasteiger partial charge is 0.262 e. The highest BCUT2D eigenvalue weighted by Crippen LogP contribution is 2.38. The van der Waals surface area contributed by atoms with E-state index in [4.69, 9.17) is 21.1 Å². The van der Waals surface area contributed by atoms with E-state index in [0.29, 0.717) is 27.9 Å². The van der Waals surface area contributed by atoms with Gasteiger partial charge in [0.1, 0.15) is 10.8 Å². The van der Waals surface area contributed by atoms with Crippen LogP contribution in [0.4, 0.5) is 5.00 Å². The first-order valence-electron chi connectivity index (χ1n) is 10.3. The van der Waals surface area contributed by atoms with Crippen molar-refractivity contribution < 1.29 is 19.1 Å². The Hall–Kier alpha value is -2.09. The van der Waals surface area contributed by atoms with Crippen molar-refractivity contribution in [1.29, 1.82) is 0 Å². The molecule has 0 saturated carbocycles. The van der Waals surface area contributed by atoms with Crippen molar-refractivity contribution in [2.24, 2.45) is 0 Å². The van der Waals surface area contributed by atoms with Gasteiger partial charge in [0.15, 0.2) is 6.61 Å². The molecule has 160 valence electrons. The lowest BCUT2D eigenvalue weighted by molar-refractivity contribution is -0.118. The second-order valence-corrected chi connectivity index (χ2v) is 9.04. The van der Waals surface area contributed by atoms with Crippen molar-refractivity contribution in [2.75, 3.05) is 25.1 Å². The average molecular weight is 449 g/mol. The minimum absolute atomic E-state index is 0.0745. The van der Waals surface area contributed by atoms with Gasteiger partial charge in [-0.1, -0.05) is 23.7 Å². The van der Waals surface area contributed by atoms with Crippen molar-refractivity contribution in [2.45, 2.75) is 44.6 Å². The minimum Gasteiger partial charge on any atom is -0.482 e. The Balaban J connectivity index is 1.45. The summed E-state index contributed by atoms with van der Waals surface area (Å²) < 4.78 is 11.1. The molecule has 0 bridgehead atoms. The third kappa shape index (κ3) is 4.96. The first kappa shape index (κ1) is 21.2. The van der Waals surface area contributed by atoms with Gasteiger partial charge in [0, 0.05) is 18.0 Å². The lowest BCUT2D eigenvalue weighted by Crippen LogP contribution is -2.33. The molecule has 4 rings (SSSR count). The summed E-state index contributed by atoms with van der Waals surface area (Å²) in [5.74, 6) is -0.0109. The summed E-state index contributed by atoms with van der Waals surface area (Å²) in [7, 11) is 0. The number of para-hydroxylation sites is 1. The molecule has 2 N–H and O–H groups in total. The van der Waals surface area contributed by atoms with Gasteiger partial charge < -0.3 is 20.1 Å². The maximum atomic E-state index is 13.0. The summed E-state index contributed by atoms with van der Waals surface area (Å²) in [5.41, 5.74) is 1.66. The predicted octanol–water partition coefficient (Wildman–Crippen LogP) is 4.21. The van der Waals surface area contributed by atoms with Crippen LogP contribution in [0.25, 0.3) is 0 Å². The van der Waals surface area contributed by atoms with E-state index in [1.807, 2.05) is 0 Å². The molecule has 30 heavy (non-hydrogen) atoms. The highest BCUT2D eigenvalue weighted by Gasteiger charge is 2.27. The number of anilines is 1. The number of aryl methyl sites for hydroxylation is 1. The van der Waals surface area contributed by atoms with E-state index in [2.05, 4.69) is 10.6 Å². The third-order valence-electron chi connectivity index (χ3n) is 5.36. The van der Waals surface area contributed by atoms with Gasteiger partial charge >= 0.3 is 0 Å². The molecule has 1 aromatic carbocycles. The molecule has 1 atom stereocenters. The molecular formula is C22H25ClN2O4S. The lowest BCUT2D eigenvalue weighted by atomic mass is 9.95. The molecule has 0 unspecified atom stereocenters. The van der Waals surface area contributed by atoms with Crippen LogP contribution in [-0.2, 0) is 22.4 Å². The fourth-order valence-corrected chi connectivity index (χ4v) is 5.36. The predicted molar refractivity (Wildman–Crippen MR) is 118 cm³/mol. The van der Waals surface area contributed by atoms with E-state index in [1.165, 1.54) is 16.2 Å². The van der Waals surface area contributed by atoms with E-state index in [-0.39, 0.29) is 24.5 Å². The van der Waals surface area contributed by atoms with Crippen LogP contribution >= 0.6 is 22.9 Å². The summed E-state index contributed by atoms with van der Waals surface area (Å²) >= 11 is 7.57. The molecule has 1 fully saturated rings. The molecule has 0 radical (unpaired) electrons. The van der Waals surface area contributed by atoms with Crippen LogP contribution in [-0.4, -0.2) is 37.7 Å². The highest BCUT2D eigenvalue weighted by molar-refractivity contribution is 7.17. The van der Waals surface area contributed by atoms with Crippen LogP contribution in [0.3, 0.4) is 0 Å². The zero-order chi connectivity index (χ0) is 20.9. The lowest BCUT2D eigenvalue weighted by Gasteiger charge is -2.15. The van der Waals surface area contributed by atoms with Gasteiger partial charge in [-0.2, -0.15) is 0 Å². The molecule has 1 aromatic heterocycles. The molecule has 2 amide bonds. The fourth-order valence-electron chi connectivity index (χ4n) is 3.86. The number of hydrogen-bond acceptors (Lipinski definition) is 5. The Bertz CT molecular complexity index is 924. The first-order chi connectivity index (χ1) is 14.6. The van der Waals surface area contributed by atoms with Gasteiger partial charge in [-0.05, 0) is 56.2 Å². The number of rotatable bonds is 7. The van der Waals surface area contributed by atoms with E-state index >= 15 is 0 Å². The maximum Gasteiger partial charge on any atom is 0.262 e. The average Bonchev–Trinajstić information content (AvgIpc) is 3.39. The van der Waals surface area contributed by atoms with Crippen LogP contribution in [0.15, 0.2) is 24.3 Å². The van der Waals surface area contributed by atoms with Gasteiger partial charge in [-0.15, -0.1) is 11.3 Å². The third-order valence-corrected chi connectivity index (χ3v) is 6.88. The number of hydrogen-bond donors (Lipinski definition) is 2. The monoisotopic (exact) mass is 448 g/mol. The molecule has 1 aliphatic carbocycles. The number of benzene rings is 1. The quantitative estimate of drug-likeness (QED) is 0.665. The molecule has 6 nitrogen and oxygen atoms in total. The highest BCUT2D eigenvalue weighted by atomic mass is 35.5. The Morgan fingerprint density at radius 2 is 2.03 bits per heavy atom. The zero-order valence-electron chi connectivity index (χ0n) is 16.7. The normalized spacial score (nSPS) is 18.0. The summed E-state index contributed by atoms with van der Waals surface area (Å²) in [6, 6.07) is 7.01. The van der Waals surface area contributed by atoms with Crippen molar-refractivity contribution in [3.8, 4) is 5.75 Å². The number of amides is 2. The number of fused-ring (bicyclic) bond motifs is 1. The van der Waals surface area contributed by atoms with Gasteiger partial charge in [0.05, 0.1) is 16.7 Å². The number of nitrogens with one attached hydrogen (secondary N) is 2. The van der Waals surface area contributed by atoms with Crippen LogP contribution in [0.5, 0.6) is 5.75 Å². The Morgan fingerprint density at radius 3 is 2.83 bits per heavy atom. The molecular weight excluding hydrogens is 424 g/mol. The van der Waals surface area contributed by atoms with E-state index in [1.54, 1.807) is 24.3 Å². The number of carbonyl (C=O) groups is 2. The Morgan fingerprint density at radius 1 is 1.20 bits per heavy atom. The zero-order valence-corrected chi connectivity index (χ0v) is 18.2. The van der Waals surface area contributed by atoms with E-state index in [9.17, 15) is 9.59 Å². The number of halogens is 1. The molecule has 2 aliphatic rings. The Kier molecular flexibility index (Phi) is 6.92. The van der Waals surface area contributed by atoms with Crippen molar-refractivity contribution in [1.82, 2.24) is 5.32 Å². The summed E-state index contributed by atoms with van der Waals surface area (Å²) in [6.07, 6.45) is 6.03. The largest absolute Gasteiger partial charge is 0.482 e. The van der Waals surface area contributed by atoms with Gasteiger partial charge in [0.25, 0.3) is 11.8 Å². The SMILES string of the molecule is O=C(COc1ccccc1Cl)Nc1sc2c(c1C(=O)NC[C@@H]1CCCO1)CCCC2. The molecule has 0 spiro atoms. The Labute approximate surface area is 184 Å². The van der Waals surface area contributed by atoms with E-state index < -0.39 is 0 Å². The first-order valence-corrected chi connectivity index (χ1v) is 11.5. The van der Waals surface area contributed by atoms with Gasteiger partial charge in [-0.3, -0.25) is 9.59 Å². The van der Waals surface area contributed by atoms with Crippen molar-refractivity contribution >= 4 is 39.8 Å². The maximum absolute atomic E-state index is 13.0. The van der Waals surface area contributed by atoms with Crippen LogP contribution in [0, 0.1) is 0 Å². The number of ether oxygens (including phenoxy) is 2. The summed E-state index contributed by atoms with van der Waals surface area (Å²) in [5, 5.41) is 6.93. The van der Waals surface area contributed by atoms with E-state index in [0.717, 1.165) is 50.7 Å². The number of thiophene rings is 1. The molecule has 2 aromatic rings. The molecule has 2 heterocycles. The second-order valence-electron chi connectivity index (χ2n) is 7.53. The van der Waals surface area contributed by atoms with Crippen LogP contribution in [0.2, 0.25) is 5.02 Å². The van der Waals surface area contributed by atoms with Gasteiger partial charge in [0.2, 0.25) is 0 Å². The molecule has 1 aliphatic heterocycles. The standard InChI is InChI=1S/C22H25ClN2O4S/c23-16-8-2-3-9-17(16)29-13-19(26)25-22-20(15-7-1-4-10-18(15)30-22)21(27)24-12-14-6-5-11-28-14/h2-3,8-9,14H,1,4-7,10-13H2,(H,24,27)(H,25,26)/t14-/m0/s1. The fraction of sp³-hybridized carbons (Fsp3) is 0.455. The summed E-state index contributed by atoms with van der Waals surface area (Å²) in [4.78, 5) is 26.7. The molecule has 1 saturated heterocycles. The van der Waals surface area contributed by atoms with Crippen LogP contribution < -0.4 is 15.4 Å². The van der Waals surface area contributed by atoms with Crippen molar-refractivity contribution in [3.63, 3.8) is 0 Å². The molecule has 8 heteroatoms. The van der Waals surface area contributed by atoms with Crippen LogP contribution in [0.1, 0.15) is 46.5 Å². The second kappa shape index (κ2) is 9.81. The van der Waals surface area contributed by atoms with Crippen molar-refractivity contribution in [3.05, 3.63) is 45.3 Å². The topological polar surface area (TPSA) is 76.7 Å². The number of carbonyl (C=O) groups excluding carboxylic acids is 2. The minimum atomic E-state index is -0.318. The van der Waals surface area contributed by atoms with Gasteiger partial charge in [-0.25, -0.2) is 0 Å². The summed E-state index contributed by atoms with van der Waals surface area (Å²) in [6.45, 7) is 1.07.